The van der Waals surface area contributed by atoms with E-state index in [1.165, 1.54) is 0 Å². The number of carbonyl (C=O) groups excluding carboxylic acids is 1. The molecule has 0 spiro atoms. The summed E-state index contributed by atoms with van der Waals surface area (Å²) in [5.41, 5.74) is -2.23. The number of hydrogen-bond acceptors (Lipinski definition) is 5. The van der Waals surface area contributed by atoms with Crippen molar-refractivity contribution in [3.63, 3.8) is 0 Å². The average molecular weight is 477 g/mol. The van der Waals surface area contributed by atoms with Crippen LogP contribution >= 0.6 is 0 Å². The number of fused-ring (bicyclic) bond motifs is 1. The van der Waals surface area contributed by atoms with E-state index in [9.17, 15) is 39.6 Å². The number of ether oxygens (including phenoxy) is 1. The molecule has 0 saturated carbocycles. The van der Waals surface area contributed by atoms with Gasteiger partial charge in [0.25, 0.3) is 0 Å². The van der Waals surface area contributed by atoms with E-state index >= 15 is 0 Å². The Labute approximate surface area is 177 Å². The maximum absolute atomic E-state index is 14.6. The molecule has 3 aromatic rings. The Morgan fingerprint density at radius 2 is 1.59 bits per heavy atom. The van der Waals surface area contributed by atoms with Gasteiger partial charge in [-0.3, -0.25) is 9.78 Å². The number of pyridine rings is 1. The summed E-state index contributed by atoms with van der Waals surface area (Å²) < 4.78 is 108. The number of halogens is 6. The molecule has 0 aliphatic carbocycles. The first-order valence-corrected chi connectivity index (χ1v) is 10.6. The van der Waals surface area contributed by atoms with Crippen LogP contribution < -0.4 is 4.74 Å². The first kappa shape index (κ1) is 23.5. The molecule has 0 bridgehead atoms. The summed E-state index contributed by atoms with van der Waals surface area (Å²) in [5.74, 6) is -5.43. The van der Waals surface area contributed by atoms with Crippen molar-refractivity contribution in [1.82, 2.24) is 4.98 Å². The number of alkyl halides is 5. The van der Waals surface area contributed by atoms with Crippen LogP contribution in [0, 0.1) is 6.92 Å². The summed E-state index contributed by atoms with van der Waals surface area (Å²) in [6.07, 6.45) is -4.17. The lowest BCUT2D eigenvalue weighted by Crippen LogP contribution is -2.25. The monoisotopic (exact) mass is 477 g/mol. The molecule has 3 rings (SSSR count). The third-order valence-corrected chi connectivity index (χ3v) is 5.63. The third-order valence-electron chi connectivity index (χ3n) is 4.50. The van der Waals surface area contributed by atoms with E-state index in [0.29, 0.717) is 0 Å². The van der Waals surface area contributed by atoms with E-state index in [1.807, 2.05) is 0 Å². The SMILES string of the molecule is Cc1nc2ccc(OC(F)(F)F)cc2c(-c2ccc(S(C)(=O)=O)cc2)c1C(F)(F)C(=O)F. The van der Waals surface area contributed by atoms with Gasteiger partial charge in [-0.05, 0) is 42.8 Å². The Morgan fingerprint density at radius 1 is 1.00 bits per heavy atom. The van der Waals surface area contributed by atoms with Crippen LogP contribution in [0.5, 0.6) is 5.75 Å². The maximum Gasteiger partial charge on any atom is 0.573 e. The highest BCUT2D eigenvalue weighted by atomic mass is 32.2. The van der Waals surface area contributed by atoms with E-state index < -0.39 is 50.7 Å². The molecule has 2 aromatic carbocycles. The standard InChI is InChI=1S/C20H13F6NO4S/c1-10-17(19(22,23)18(21)28)16(11-3-6-13(7-4-11)32(2,29)30)14-9-12(31-20(24,25)26)5-8-15(14)27-10/h3-9H,1-2H3. The molecule has 0 fully saturated rings. The molecular formula is C20H13F6NO4S. The molecule has 0 amide bonds. The number of carbonyl (C=O) groups is 1. The zero-order chi connectivity index (χ0) is 24.1. The van der Waals surface area contributed by atoms with E-state index in [2.05, 4.69) is 9.72 Å². The van der Waals surface area contributed by atoms with Crippen molar-refractivity contribution in [2.75, 3.05) is 6.26 Å². The van der Waals surface area contributed by atoms with Gasteiger partial charge in [0, 0.05) is 22.9 Å². The van der Waals surface area contributed by atoms with Crippen LogP contribution in [0.3, 0.4) is 0 Å². The van der Waals surface area contributed by atoms with Crippen LogP contribution in [0.15, 0.2) is 47.4 Å². The fraction of sp³-hybridized carbons (Fsp3) is 0.200. The molecule has 5 nitrogen and oxygen atoms in total. The minimum absolute atomic E-state index is 0.0370. The van der Waals surface area contributed by atoms with E-state index in [1.54, 1.807) is 0 Å². The van der Waals surface area contributed by atoms with Crippen molar-refractivity contribution in [2.24, 2.45) is 0 Å². The number of aromatic nitrogens is 1. The van der Waals surface area contributed by atoms with E-state index in [-0.39, 0.29) is 21.4 Å². The molecule has 0 aliphatic rings. The molecule has 0 aliphatic heterocycles. The minimum atomic E-state index is -5.08. The van der Waals surface area contributed by atoms with Gasteiger partial charge in [0.2, 0.25) is 0 Å². The van der Waals surface area contributed by atoms with Gasteiger partial charge in [0.05, 0.1) is 16.0 Å². The molecule has 0 N–H and O–H groups in total. The molecule has 1 heterocycles. The number of rotatable bonds is 5. The molecule has 32 heavy (non-hydrogen) atoms. The summed E-state index contributed by atoms with van der Waals surface area (Å²) in [7, 11) is -3.65. The normalized spacial score (nSPS) is 12.8. The van der Waals surface area contributed by atoms with Crippen molar-refractivity contribution < 1.29 is 44.3 Å². The van der Waals surface area contributed by atoms with Crippen molar-refractivity contribution in [3.05, 3.63) is 53.7 Å². The third kappa shape index (κ3) is 4.54. The largest absolute Gasteiger partial charge is 0.573 e. The Kier molecular flexibility index (Phi) is 5.71. The summed E-state index contributed by atoms with van der Waals surface area (Å²) in [6, 6.07) is 4.18. The van der Waals surface area contributed by atoms with Crippen LogP contribution in [0.1, 0.15) is 11.3 Å². The van der Waals surface area contributed by atoms with Crippen molar-refractivity contribution in [1.29, 1.82) is 0 Å². The number of aryl methyl sites for hydroxylation is 1. The van der Waals surface area contributed by atoms with E-state index in [0.717, 1.165) is 55.6 Å². The second-order valence-electron chi connectivity index (χ2n) is 6.82. The predicted octanol–water partition coefficient (Wildman–Crippen LogP) is 5.10. The molecule has 0 atom stereocenters. The van der Waals surface area contributed by atoms with Crippen LogP contribution in [0.2, 0.25) is 0 Å². The highest BCUT2D eigenvalue weighted by Crippen LogP contribution is 2.43. The van der Waals surface area contributed by atoms with Gasteiger partial charge in [-0.15, -0.1) is 13.2 Å². The molecule has 0 unspecified atom stereocenters. The first-order valence-electron chi connectivity index (χ1n) is 8.70. The number of sulfone groups is 1. The van der Waals surface area contributed by atoms with Gasteiger partial charge in [0.1, 0.15) is 5.75 Å². The number of nitrogens with zero attached hydrogens (tertiary/aromatic N) is 1. The Bertz CT molecular complexity index is 1320. The fourth-order valence-corrected chi connectivity index (χ4v) is 3.84. The highest BCUT2D eigenvalue weighted by Gasteiger charge is 2.46. The Morgan fingerprint density at radius 3 is 2.09 bits per heavy atom. The quantitative estimate of drug-likeness (QED) is 0.378. The van der Waals surface area contributed by atoms with E-state index in [4.69, 9.17) is 0 Å². The molecule has 170 valence electrons. The van der Waals surface area contributed by atoms with Gasteiger partial charge < -0.3 is 4.74 Å². The maximum atomic E-state index is 14.6. The summed E-state index contributed by atoms with van der Waals surface area (Å²) >= 11 is 0. The van der Waals surface area contributed by atoms with Crippen molar-refractivity contribution in [2.45, 2.75) is 24.1 Å². The lowest BCUT2D eigenvalue weighted by molar-refractivity contribution is -0.274. The average Bonchev–Trinajstić information content (AvgIpc) is 2.65. The molecule has 1 aromatic heterocycles. The van der Waals surface area contributed by atoms with Gasteiger partial charge in [0.15, 0.2) is 9.84 Å². The molecule has 12 heteroatoms. The summed E-state index contributed by atoms with van der Waals surface area (Å²) in [4.78, 5) is 14.8. The smallest absolute Gasteiger partial charge is 0.406 e. The number of hydrogen-bond donors (Lipinski definition) is 0. The molecular weight excluding hydrogens is 464 g/mol. The fourth-order valence-electron chi connectivity index (χ4n) is 3.21. The predicted molar refractivity (Wildman–Crippen MR) is 102 cm³/mol. The Balaban J connectivity index is 2.41. The number of benzene rings is 2. The molecule has 0 saturated heterocycles. The van der Waals surface area contributed by atoms with Crippen LogP contribution in [0.4, 0.5) is 26.3 Å². The summed E-state index contributed by atoms with van der Waals surface area (Å²) in [6.45, 7) is 1.08. The lowest BCUT2D eigenvalue weighted by Gasteiger charge is -2.21. The van der Waals surface area contributed by atoms with Gasteiger partial charge in [-0.1, -0.05) is 12.1 Å². The lowest BCUT2D eigenvalue weighted by atomic mass is 9.91. The van der Waals surface area contributed by atoms with Crippen LogP contribution in [-0.4, -0.2) is 32.1 Å². The zero-order valence-electron chi connectivity index (χ0n) is 16.3. The van der Waals surface area contributed by atoms with Crippen molar-refractivity contribution in [3.8, 4) is 16.9 Å². The second-order valence-corrected chi connectivity index (χ2v) is 8.83. The Hall–Kier alpha value is -3.15. The minimum Gasteiger partial charge on any atom is -0.406 e. The topological polar surface area (TPSA) is 73.3 Å². The zero-order valence-corrected chi connectivity index (χ0v) is 17.1. The second kappa shape index (κ2) is 7.76. The summed E-state index contributed by atoms with van der Waals surface area (Å²) in [5, 5.41) is -0.291. The van der Waals surface area contributed by atoms with Gasteiger partial charge >= 0.3 is 18.3 Å². The van der Waals surface area contributed by atoms with Gasteiger partial charge in [-0.25, -0.2) is 8.42 Å². The van der Waals surface area contributed by atoms with Crippen molar-refractivity contribution >= 4 is 26.8 Å². The first-order chi connectivity index (χ1) is 14.6. The van der Waals surface area contributed by atoms with Crippen LogP contribution in [-0.2, 0) is 20.6 Å². The molecule has 0 radical (unpaired) electrons. The van der Waals surface area contributed by atoms with Crippen LogP contribution in [0.25, 0.3) is 22.0 Å². The highest BCUT2D eigenvalue weighted by molar-refractivity contribution is 7.90. The van der Waals surface area contributed by atoms with Gasteiger partial charge in [-0.2, -0.15) is 13.2 Å².